The summed E-state index contributed by atoms with van der Waals surface area (Å²) in [6, 6.07) is 12.4. The minimum absolute atomic E-state index is 0.135. The molecule has 27 heavy (non-hydrogen) atoms. The molecule has 0 N–H and O–H groups in total. The van der Waals surface area contributed by atoms with Gasteiger partial charge in [0.25, 0.3) is 5.91 Å². The van der Waals surface area contributed by atoms with Crippen LogP contribution in [0.5, 0.6) is 0 Å². The molecular weight excluding hydrogens is 358 g/mol. The molecule has 5 nitrogen and oxygen atoms in total. The number of aryl methyl sites for hydroxylation is 2. The van der Waals surface area contributed by atoms with Crippen LogP contribution < -0.4 is 0 Å². The van der Waals surface area contributed by atoms with Gasteiger partial charge >= 0.3 is 0 Å². The number of benzene rings is 1. The van der Waals surface area contributed by atoms with E-state index in [1.807, 2.05) is 29.3 Å². The van der Waals surface area contributed by atoms with E-state index in [0.717, 1.165) is 60.2 Å². The van der Waals surface area contributed by atoms with Crippen LogP contribution >= 0.6 is 11.3 Å². The van der Waals surface area contributed by atoms with E-state index in [-0.39, 0.29) is 5.91 Å². The molecule has 4 rings (SSSR count). The predicted octanol–water partition coefficient (Wildman–Crippen LogP) is 3.98. The maximum absolute atomic E-state index is 13.1. The average molecular weight is 382 g/mol. The Morgan fingerprint density at radius 2 is 1.85 bits per heavy atom. The van der Waals surface area contributed by atoms with Gasteiger partial charge in [0, 0.05) is 37.8 Å². The highest BCUT2D eigenvalue weighted by atomic mass is 32.1. The molecule has 1 aromatic carbocycles. The van der Waals surface area contributed by atoms with E-state index in [1.54, 1.807) is 0 Å². The molecule has 0 atom stereocenters. The van der Waals surface area contributed by atoms with E-state index in [1.165, 1.54) is 16.9 Å². The van der Waals surface area contributed by atoms with Crippen LogP contribution in [-0.2, 0) is 6.54 Å². The van der Waals surface area contributed by atoms with Crippen LogP contribution in [0.15, 0.2) is 46.3 Å². The minimum atomic E-state index is 0.135. The lowest BCUT2D eigenvalue weighted by Gasteiger charge is -2.34. The topological polar surface area (TPSA) is 49.6 Å². The van der Waals surface area contributed by atoms with Gasteiger partial charge in [-0.25, -0.2) is 0 Å². The zero-order valence-corrected chi connectivity index (χ0v) is 16.5. The van der Waals surface area contributed by atoms with Crippen molar-refractivity contribution in [1.29, 1.82) is 0 Å². The molecule has 1 aliphatic rings. The van der Waals surface area contributed by atoms with Gasteiger partial charge in [-0.15, -0.1) is 11.3 Å². The van der Waals surface area contributed by atoms with Gasteiger partial charge in [-0.2, -0.15) is 0 Å². The van der Waals surface area contributed by atoms with Crippen molar-refractivity contribution in [3.8, 4) is 11.1 Å². The van der Waals surface area contributed by atoms with Gasteiger partial charge in [0.2, 0.25) is 0 Å². The Labute approximate surface area is 163 Å². The second-order valence-corrected chi connectivity index (χ2v) is 7.95. The summed E-state index contributed by atoms with van der Waals surface area (Å²) in [5.74, 6) is 1.02. The first-order valence-corrected chi connectivity index (χ1v) is 10.1. The van der Waals surface area contributed by atoms with E-state index >= 15 is 0 Å². The quantitative estimate of drug-likeness (QED) is 0.686. The fraction of sp³-hybridized carbons (Fsp3) is 0.333. The maximum Gasteiger partial charge on any atom is 0.264 e. The summed E-state index contributed by atoms with van der Waals surface area (Å²) in [4.78, 5) is 18.2. The summed E-state index contributed by atoms with van der Waals surface area (Å²) in [6.07, 6.45) is 0. The molecule has 2 aromatic heterocycles. The van der Waals surface area contributed by atoms with E-state index < -0.39 is 0 Å². The smallest absolute Gasteiger partial charge is 0.264 e. The molecule has 3 aromatic rings. The molecule has 1 aliphatic heterocycles. The molecule has 0 radical (unpaired) electrons. The van der Waals surface area contributed by atoms with Crippen molar-refractivity contribution in [3.63, 3.8) is 0 Å². The molecule has 0 saturated carbocycles. The molecule has 1 amide bonds. The molecular formula is C21H23N3O2S. The van der Waals surface area contributed by atoms with Crippen LogP contribution in [0.4, 0.5) is 0 Å². The summed E-state index contributed by atoms with van der Waals surface area (Å²) < 4.78 is 5.30. The number of piperazine rings is 1. The normalized spacial score (nSPS) is 15.3. The standard InChI is InChI=1S/C21H23N3O2S/c1-15-3-5-17(6-4-15)19-7-12-27-20(19)21(25)24-10-8-23(9-11-24)14-18-13-16(2)22-26-18/h3-7,12-13H,8-11,14H2,1-2H3. The number of aromatic nitrogens is 1. The van der Waals surface area contributed by atoms with Gasteiger partial charge < -0.3 is 9.42 Å². The monoisotopic (exact) mass is 381 g/mol. The minimum Gasteiger partial charge on any atom is -0.360 e. The first-order valence-electron chi connectivity index (χ1n) is 9.18. The van der Waals surface area contributed by atoms with Crippen LogP contribution in [0.2, 0.25) is 0 Å². The number of nitrogens with zero attached hydrogens (tertiary/aromatic N) is 3. The van der Waals surface area contributed by atoms with E-state index in [2.05, 4.69) is 41.2 Å². The lowest BCUT2D eigenvalue weighted by atomic mass is 10.0. The van der Waals surface area contributed by atoms with Crippen molar-refractivity contribution < 1.29 is 9.32 Å². The summed E-state index contributed by atoms with van der Waals surface area (Å²) in [6.45, 7) is 7.90. The number of hydrogen-bond donors (Lipinski definition) is 0. The molecule has 140 valence electrons. The number of carbonyl (C=O) groups is 1. The molecule has 1 fully saturated rings. The van der Waals surface area contributed by atoms with Crippen LogP contribution in [0.3, 0.4) is 0 Å². The van der Waals surface area contributed by atoms with Crippen molar-refractivity contribution in [1.82, 2.24) is 15.0 Å². The van der Waals surface area contributed by atoms with Crippen molar-refractivity contribution in [2.24, 2.45) is 0 Å². The van der Waals surface area contributed by atoms with Crippen LogP contribution in [-0.4, -0.2) is 47.0 Å². The third-order valence-electron chi connectivity index (χ3n) is 4.94. The Bertz CT molecular complexity index is 921. The van der Waals surface area contributed by atoms with Crippen molar-refractivity contribution in [3.05, 3.63) is 63.7 Å². The second-order valence-electron chi connectivity index (χ2n) is 7.03. The third kappa shape index (κ3) is 3.96. The number of amides is 1. The molecule has 0 aliphatic carbocycles. The van der Waals surface area contributed by atoms with E-state index in [0.29, 0.717) is 0 Å². The Balaban J connectivity index is 1.41. The van der Waals surface area contributed by atoms with Gasteiger partial charge in [0.1, 0.15) is 0 Å². The fourth-order valence-electron chi connectivity index (χ4n) is 3.40. The van der Waals surface area contributed by atoms with Crippen LogP contribution in [0.25, 0.3) is 11.1 Å². The van der Waals surface area contributed by atoms with Gasteiger partial charge in [0.15, 0.2) is 5.76 Å². The molecule has 6 heteroatoms. The Morgan fingerprint density at radius 1 is 1.11 bits per heavy atom. The lowest BCUT2D eigenvalue weighted by Crippen LogP contribution is -2.48. The predicted molar refractivity (Wildman–Crippen MR) is 107 cm³/mol. The van der Waals surface area contributed by atoms with E-state index in [9.17, 15) is 4.79 Å². The van der Waals surface area contributed by atoms with Gasteiger partial charge in [-0.3, -0.25) is 9.69 Å². The van der Waals surface area contributed by atoms with Crippen LogP contribution in [0, 0.1) is 13.8 Å². The first-order chi connectivity index (χ1) is 13.1. The maximum atomic E-state index is 13.1. The molecule has 0 unspecified atom stereocenters. The highest BCUT2D eigenvalue weighted by Gasteiger charge is 2.25. The number of thiophene rings is 1. The van der Waals surface area contributed by atoms with Crippen molar-refractivity contribution in [2.45, 2.75) is 20.4 Å². The highest BCUT2D eigenvalue weighted by molar-refractivity contribution is 7.12. The summed E-state index contributed by atoms with van der Waals surface area (Å²) in [5.41, 5.74) is 4.26. The SMILES string of the molecule is Cc1ccc(-c2ccsc2C(=O)N2CCN(Cc3cc(C)no3)CC2)cc1. The summed E-state index contributed by atoms with van der Waals surface area (Å²) in [5, 5.41) is 5.94. The molecule has 1 saturated heterocycles. The second kappa shape index (κ2) is 7.66. The Kier molecular flexibility index (Phi) is 5.09. The number of carbonyl (C=O) groups excluding carboxylic acids is 1. The highest BCUT2D eigenvalue weighted by Crippen LogP contribution is 2.30. The number of hydrogen-bond acceptors (Lipinski definition) is 5. The molecule has 0 bridgehead atoms. The average Bonchev–Trinajstić information content (AvgIpc) is 3.32. The zero-order chi connectivity index (χ0) is 18.8. The fourth-order valence-corrected chi connectivity index (χ4v) is 4.28. The summed E-state index contributed by atoms with van der Waals surface area (Å²) >= 11 is 1.53. The summed E-state index contributed by atoms with van der Waals surface area (Å²) in [7, 11) is 0. The molecule has 3 heterocycles. The van der Waals surface area contributed by atoms with Crippen LogP contribution in [0.1, 0.15) is 26.7 Å². The van der Waals surface area contributed by atoms with Gasteiger partial charge in [0.05, 0.1) is 17.1 Å². The number of rotatable bonds is 4. The lowest BCUT2D eigenvalue weighted by molar-refractivity contribution is 0.0623. The van der Waals surface area contributed by atoms with E-state index in [4.69, 9.17) is 4.52 Å². The molecule has 0 spiro atoms. The van der Waals surface area contributed by atoms with Crippen molar-refractivity contribution in [2.75, 3.05) is 26.2 Å². The Hall–Kier alpha value is -2.44. The van der Waals surface area contributed by atoms with Gasteiger partial charge in [-0.1, -0.05) is 35.0 Å². The van der Waals surface area contributed by atoms with Crippen molar-refractivity contribution >= 4 is 17.2 Å². The largest absolute Gasteiger partial charge is 0.360 e. The Morgan fingerprint density at radius 3 is 2.52 bits per heavy atom. The first kappa shape index (κ1) is 17.9. The zero-order valence-electron chi connectivity index (χ0n) is 15.6. The third-order valence-corrected chi connectivity index (χ3v) is 5.84. The van der Waals surface area contributed by atoms with Gasteiger partial charge in [-0.05, 0) is 30.9 Å².